The molecule has 1 aromatic heterocycles. The molecular weight excluding hydrogens is 328 g/mol. The largest absolute Gasteiger partial charge is 0.381 e. The number of pyridine rings is 1. The van der Waals surface area contributed by atoms with Crippen molar-refractivity contribution in [1.82, 2.24) is 9.29 Å². The van der Waals surface area contributed by atoms with Crippen LogP contribution in [0.1, 0.15) is 12.8 Å². The van der Waals surface area contributed by atoms with Gasteiger partial charge < -0.3 is 4.74 Å². The van der Waals surface area contributed by atoms with Crippen molar-refractivity contribution in [3.05, 3.63) is 18.3 Å². The van der Waals surface area contributed by atoms with Crippen molar-refractivity contribution in [2.24, 2.45) is 5.41 Å². The molecule has 3 rings (SSSR count). The Morgan fingerprint density at radius 2 is 1.77 bits per heavy atom. The Hall–Kier alpha value is -1.03. The zero-order chi connectivity index (χ0) is 16.0. The van der Waals surface area contributed by atoms with Crippen molar-refractivity contribution in [2.45, 2.75) is 22.8 Å². The van der Waals surface area contributed by atoms with Gasteiger partial charge in [0.1, 0.15) is 4.90 Å². The Morgan fingerprint density at radius 3 is 2.27 bits per heavy atom. The number of sulfonamides is 1. The number of hydrogen-bond acceptors (Lipinski definition) is 6. The molecule has 0 aliphatic carbocycles. The number of nitrogens with zero attached hydrogens (tertiary/aromatic N) is 2. The van der Waals surface area contributed by atoms with Gasteiger partial charge in [-0.25, -0.2) is 21.8 Å². The summed E-state index contributed by atoms with van der Waals surface area (Å²) in [5.41, 5.74) is 0.0471. The molecule has 2 fully saturated rings. The minimum atomic E-state index is -3.60. The van der Waals surface area contributed by atoms with Crippen LogP contribution in [-0.4, -0.2) is 58.7 Å². The van der Waals surface area contributed by atoms with Gasteiger partial charge in [-0.3, -0.25) is 0 Å². The lowest BCUT2D eigenvalue weighted by Crippen LogP contribution is -2.60. The van der Waals surface area contributed by atoms with Gasteiger partial charge in [-0.1, -0.05) is 0 Å². The van der Waals surface area contributed by atoms with Gasteiger partial charge in [-0.05, 0) is 25.0 Å². The molecular formula is C13H18N2O5S2. The van der Waals surface area contributed by atoms with Crippen LogP contribution in [0.15, 0.2) is 28.3 Å². The summed E-state index contributed by atoms with van der Waals surface area (Å²) in [5, 5.41) is -0.129. The van der Waals surface area contributed by atoms with E-state index >= 15 is 0 Å². The van der Waals surface area contributed by atoms with E-state index in [0.717, 1.165) is 25.3 Å². The highest BCUT2D eigenvalue weighted by Gasteiger charge is 2.48. The molecule has 2 aliphatic rings. The Kier molecular flexibility index (Phi) is 3.79. The Balaban J connectivity index is 1.77. The summed E-state index contributed by atoms with van der Waals surface area (Å²) >= 11 is 0. The third-order valence-electron chi connectivity index (χ3n) is 4.30. The van der Waals surface area contributed by atoms with Crippen LogP contribution < -0.4 is 0 Å². The van der Waals surface area contributed by atoms with E-state index in [-0.39, 0.29) is 15.3 Å². The van der Waals surface area contributed by atoms with Crippen LogP contribution >= 0.6 is 0 Å². The molecule has 22 heavy (non-hydrogen) atoms. The molecule has 3 heterocycles. The zero-order valence-electron chi connectivity index (χ0n) is 12.2. The molecule has 0 saturated carbocycles. The maximum atomic E-state index is 12.5. The van der Waals surface area contributed by atoms with Crippen LogP contribution in [-0.2, 0) is 24.6 Å². The van der Waals surface area contributed by atoms with E-state index in [1.807, 2.05) is 0 Å². The molecule has 2 aliphatic heterocycles. The van der Waals surface area contributed by atoms with E-state index < -0.39 is 19.9 Å². The average Bonchev–Trinajstić information content (AvgIpc) is 2.45. The predicted octanol–water partition coefficient (Wildman–Crippen LogP) is 0.286. The molecule has 122 valence electrons. The maximum Gasteiger partial charge on any atom is 0.244 e. The lowest BCUT2D eigenvalue weighted by atomic mass is 9.75. The Morgan fingerprint density at radius 1 is 1.14 bits per heavy atom. The number of sulfone groups is 1. The number of aromatic nitrogens is 1. The molecule has 0 radical (unpaired) electrons. The summed E-state index contributed by atoms with van der Waals surface area (Å²) in [6, 6.07) is 2.53. The summed E-state index contributed by atoms with van der Waals surface area (Å²) in [7, 11) is -7.04. The number of rotatable bonds is 3. The molecule has 0 bridgehead atoms. The fourth-order valence-electron chi connectivity index (χ4n) is 2.88. The fraction of sp³-hybridized carbons (Fsp3) is 0.615. The lowest BCUT2D eigenvalue weighted by molar-refractivity contribution is -0.0476. The van der Waals surface area contributed by atoms with Gasteiger partial charge in [-0.15, -0.1) is 0 Å². The van der Waals surface area contributed by atoms with Gasteiger partial charge in [0.25, 0.3) is 0 Å². The second kappa shape index (κ2) is 5.26. The molecule has 1 spiro atoms. The van der Waals surface area contributed by atoms with E-state index in [0.29, 0.717) is 26.3 Å². The molecule has 0 aromatic carbocycles. The summed E-state index contributed by atoms with van der Waals surface area (Å²) in [6.45, 7) is 2.34. The topological polar surface area (TPSA) is 93.6 Å². The van der Waals surface area contributed by atoms with Crippen LogP contribution in [0.5, 0.6) is 0 Å². The summed E-state index contributed by atoms with van der Waals surface area (Å²) < 4.78 is 54.5. The highest BCUT2D eigenvalue weighted by Crippen LogP contribution is 2.42. The van der Waals surface area contributed by atoms with E-state index in [9.17, 15) is 16.8 Å². The molecule has 1 aromatic rings. The first-order valence-corrected chi connectivity index (χ1v) is 10.3. The summed E-state index contributed by atoms with van der Waals surface area (Å²) in [4.78, 5) is 3.78. The standard InChI is InChI=1S/C13H18N2O5S2/c1-21(16,17)12-3-2-11(8-14-12)22(18,19)15-9-13(10-15)4-6-20-7-5-13/h2-3,8H,4-7,9-10H2,1H3. The first-order chi connectivity index (χ1) is 10.2. The number of ether oxygens (including phenoxy) is 1. The van der Waals surface area contributed by atoms with Gasteiger partial charge in [-0.2, -0.15) is 4.31 Å². The summed E-state index contributed by atoms with van der Waals surface area (Å²) in [5.74, 6) is 0. The van der Waals surface area contributed by atoms with Gasteiger partial charge in [0.2, 0.25) is 10.0 Å². The maximum absolute atomic E-state index is 12.5. The Bertz CT molecular complexity index is 757. The van der Waals surface area contributed by atoms with Gasteiger partial charge in [0.15, 0.2) is 14.9 Å². The van der Waals surface area contributed by atoms with Crippen molar-refractivity contribution in [2.75, 3.05) is 32.6 Å². The van der Waals surface area contributed by atoms with E-state index in [1.165, 1.54) is 16.4 Å². The fourth-order valence-corrected chi connectivity index (χ4v) is 5.05. The van der Waals surface area contributed by atoms with Crippen LogP contribution in [0.25, 0.3) is 0 Å². The first-order valence-electron chi connectivity index (χ1n) is 6.97. The first kappa shape index (κ1) is 15.9. The quantitative estimate of drug-likeness (QED) is 0.781. The third kappa shape index (κ3) is 2.78. The smallest absolute Gasteiger partial charge is 0.244 e. The minimum Gasteiger partial charge on any atom is -0.381 e. The van der Waals surface area contributed by atoms with Gasteiger partial charge in [0.05, 0.1) is 0 Å². The monoisotopic (exact) mass is 346 g/mol. The average molecular weight is 346 g/mol. The van der Waals surface area contributed by atoms with E-state index in [2.05, 4.69) is 4.98 Å². The highest BCUT2D eigenvalue weighted by atomic mass is 32.2. The second-order valence-electron chi connectivity index (χ2n) is 5.99. The molecule has 7 nitrogen and oxygen atoms in total. The van der Waals surface area contributed by atoms with Crippen LogP contribution in [0, 0.1) is 5.41 Å². The van der Waals surface area contributed by atoms with Gasteiger partial charge in [0, 0.05) is 44.2 Å². The van der Waals surface area contributed by atoms with Crippen LogP contribution in [0.4, 0.5) is 0 Å². The molecule has 2 saturated heterocycles. The van der Waals surface area contributed by atoms with Crippen molar-refractivity contribution < 1.29 is 21.6 Å². The molecule has 0 atom stereocenters. The number of hydrogen-bond donors (Lipinski definition) is 0. The highest BCUT2D eigenvalue weighted by molar-refractivity contribution is 7.90. The normalized spacial score (nSPS) is 22.4. The zero-order valence-corrected chi connectivity index (χ0v) is 13.9. The third-order valence-corrected chi connectivity index (χ3v) is 7.08. The van der Waals surface area contributed by atoms with Crippen molar-refractivity contribution in [3.8, 4) is 0 Å². The molecule has 0 amide bonds. The van der Waals surface area contributed by atoms with Gasteiger partial charge >= 0.3 is 0 Å². The Labute approximate surface area is 130 Å². The van der Waals surface area contributed by atoms with Crippen molar-refractivity contribution >= 4 is 19.9 Å². The lowest BCUT2D eigenvalue weighted by Gasteiger charge is -2.51. The second-order valence-corrected chi connectivity index (χ2v) is 9.89. The van der Waals surface area contributed by atoms with Crippen molar-refractivity contribution in [3.63, 3.8) is 0 Å². The van der Waals surface area contributed by atoms with E-state index in [1.54, 1.807) is 0 Å². The SMILES string of the molecule is CS(=O)(=O)c1ccc(S(=O)(=O)N2CC3(CCOCC3)C2)cn1. The predicted molar refractivity (Wildman–Crippen MR) is 78.6 cm³/mol. The minimum absolute atomic E-state index is 0.0295. The van der Waals surface area contributed by atoms with Crippen molar-refractivity contribution in [1.29, 1.82) is 0 Å². The van der Waals surface area contributed by atoms with Crippen LogP contribution in [0.3, 0.4) is 0 Å². The molecule has 0 unspecified atom stereocenters. The molecule has 0 N–H and O–H groups in total. The molecule has 9 heteroatoms. The van der Waals surface area contributed by atoms with Crippen LogP contribution in [0.2, 0.25) is 0 Å². The summed E-state index contributed by atoms with van der Waals surface area (Å²) in [6.07, 6.45) is 3.91. The van der Waals surface area contributed by atoms with E-state index in [4.69, 9.17) is 4.74 Å².